The van der Waals surface area contributed by atoms with Crippen molar-refractivity contribution in [2.75, 3.05) is 0 Å². The van der Waals surface area contributed by atoms with Gasteiger partial charge in [0.15, 0.2) is 10.9 Å². The van der Waals surface area contributed by atoms with Gasteiger partial charge in [0.1, 0.15) is 5.03 Å². The average molecular weight is 222 g/mol. The van der Waals surface area contributed by atoms with Crippen molar-refractivity contribution >= 4 is 17.7 Å². The molecule has 0 spiro atoms. The number of hydrogen-bond acceptors (Lipinski definition) is 5. The van der Waals surface area contributed by atoms with E-state index in [1.54, 1.807) is 12.4 Å². The Morgan fingerprint density at radius 2 is 2.07 bits per heavy atom. The van der Waals surface area contributed by atoms with Crippen LogP contribution in [0.5, 0.6) is 0 Å². The molecule has 0 saturated heterocycles. The first kappa shape index (κ1) is 9.66. The molecule has 0 bridgehead atoms. The Labute approximate surface area is 88.8 Å². The van der Waals surface area contributed by atoms with E-state index in [1.165, 1.54) is 12.4 Å². The number of H-pyrrole nitrogens is 1. The Balaban J connectivity index is 2.32. The predicted octanol–water partition coefficient (Wildman–Crippen LogP) is 1.05. The van der Waals surface area contributed by atoms with Crippen molar-refractivity contribution in [2.24, 2.45) is 0 Å². The number of hydrogen-bond donors (Lipinski definition) is 2. The van der Waals surface area contributed by atoms with Gasteiger partial charge in [0.05, 0.1) is 0 Å². The molecule has 6 nitrogen and oxygen atoms in total. The van der Waals surface area contributed by atoms with Crippen LogP contribution >= 0.6 is 11.8 Å². The van der Waals surface area contributed by atoms with Crippen molar-refractivity contribution in [1.82, 2.24) is 19.9 Å². The molecule has 0 radical (unpaired) electrons. The lowest BCUT2D eigenvalue weighted by molar-refractivity contribution is 0.0685. The summed E-state index contributed by atoms with van der Waals surface area (Å²) in [6, 6.07) is 0. The molecule has 0 unspecified atom stereocenters. The third-order valence-corrected chi connectivity index (χ3v) is 2.44. The molecule has 0 aliphatic rings. The molecule has 76 valence electrons. The summed E-state index contributed by atoms with van der Waals surface area (Å²) in [6.45, 7) is 0. The maximum absolute atomic E-state index is 10.8. The van der Waals surface area contributed by atoms with Gasteiger partial charge in [-0.05, 0) is 11.8 Å². The highest BCUT2D eigenvalue weighted by molar-refractivity contribution is 7.99. The maximum atomic E-state index is 10.8. The number of aromatic carboxylic acids is 1. The van der Waals surface area contributed by atoms with Crippen molar-refractivity contribution in [3.05, 3.63) is 30.5 Å². The van der Waals surface area contributed by atoms with Gasteiger partial charge < -0.3 is 10.1 Å². The van der Waals surface area contributed by atoms with Crippen molar-refractivity contribution in [1.29, 1.82) is 0 Å². The highest BCUT2D eigenvalue weighted by Crippen LogP contribution is 2.24. The largest absolute Gasteiger partial charge is 0.476 e. The van der Waals surface area contributed by atoms with E-state index in [0.717, 1.165) is 11.8 Å². The molecular formula is C8H6N4O2S. The molecule has 0 amide bonds. The van der Waals surface area contributed by atoms with E-state index in [4.69, 9.17) is 5.11 Å². The Bertz CT molecular complexity index is 471. The summed E-state index contributed by atoms with van der Waals surface area (Å²) >= 11 is 1.13. The number of carbonyl (C=O) groups is 1. The molecule has 15 heavy (non-hydrogen) atoms. The van der Waals surface area contributed by atoms with Gasteiger partial charge in [-0.3, -0.25) is 0 Å². The highest BCUT2D eigenvalue weighted by atomic mass is 32.2. The Morgan fingerprint density at radius 3 is 2.73 bits per heavy atom. The zero-order chi connectivity index (χ0) is 10.7. The van der Waals surface area contributed by atoms with Gasteiger partial charge in [-0.25, -0.2) is 19.7 Å². The summed E-state index contributed by atoms with van der Waals surface area (Å²) < 4.78 is 0. The maximum Gasteiger partial charge on any atom is 0.357 e. The van der Waals surface area contributed by atoms with Crippen LogP contribution in [0.2, 0.25) is 0 Å². The van der Waals surface area contributed by atoms with E-state index in [-0.39, 0.29) is 5.69 Å². The van der Waals surface area contributed by atoms with Crippen LogP contribution in [0, 0.1) is 0 Å². The number of carboxylic acid groups (broad SMARTS) is 1. The third kappa shape index (κ3) is 2.13. The van der Waals surface area contributed by atoms with Gasteiger partial charge in [-0.1, -0.05) is 0 Å². The number of carboxylic acids is 1. The van der Waals surface area contributed by atoms with Crippen molar-refractivity contribution < 1.29 is 9.90 Å². The van der Waals surface area contributed by atoms with Crippen LogP contribution in [0.25, 0.3) is 0 Å². The summed E-state index contributed by atoms with van der Waals surface area (Å²) in [5.41, 5.74) is -0.0705. The summed E-state index contributed by atoms with van der Waals surface area (Å²) in [5, 5.41) is 9.75. The third-order valence-electron chi connectivity index (χ3n) is 1.53. The van der Waals surface area contributed by atoms with Crippen molar-refractivity contribution in [3.63, 3.8) is 0 Å². The van der Waals surface area contributed by atoms with E-state index in [2.05, 4.69) is 19.9 Å². The molecule has 0 fully saturated rings. The fourth-order valence-corrected chi connectivity index (χ4v) is 1.72. The van der Waals surface area contributed by atoms with Crippen LogP contribution in [-0.2, 0) is 0 Å². The number of aromatic nitrogens is 4. The fraction of sp³-hybridized carbons (Fsp3) is 0. The Kier molecular flexibility index (Phi) is 2.64. The molecule has 2 rings (SSSR count). The van der Waals surface area contributed by atoms with Crippen molar-refractivity contribution in [2.45, 2.75) is 10.2 Å². The lowest BCUT2D eigenvalue weighted by Gasteiger charge is -1.99. The van der Waals surface area contributed by atoms with Gasteiger partial charge in [-0.2, -0.15) is 0 Å². The molecular weight excluding hydrogens is 216 g/mol. The molecule has 7 heteroatoms. The highest BCUT2D eigenvalue weighted by Gasteiger charge is 2.14. The summed E-state index contributed by atoms with van der Waals surface area (Å²) in [7, 11) is 0. The van der Waals surface area contributed by atoms with E-state index >= 15 is 0 Å². The summed E-state index contributed by atoms with van der Waals surface area (Å²) in [6.07, 6.45) is 6.02. The normalized spacial score (nSPS) is 10.1. The molecule has 0 aliphatic heterocycles. The smallest absolute Gasteiger partial charge is 0.357 e. The Hall–Kier alpha value is -1.89. The molecule has 0 aliphatic carbocycles. The SMILES string of the molecule is O=C(O)c1nccnc1Sc1ncc[nH]1. The van der Waals surface area contributed by atoms with Gasteiger partial charge in [-0.15, -0.1) is 0 Å². The minimum atomic E-state index is -1.10. The van der Waals surface area contributed by atoms with E-state index in [1.807, 2.05) is 0 Å². The minimum absolute atomic E-state index is 0.0705. The molecule has 0 saturated carbocycles. The molecule has 2 heterocycles. The second-order valence-electron chi connectivity index (χ2n) is 2.51. The minimum Gasteiger partial charge on any atom is -0.476 e. The molecule has 0 aromatic carbocycles. The number of nitrogens with zero attached hydrogens (tertiary/aromatic N) is 3. The molecule has 2 aromatic rings. The van der Waals surface area contributed by atoms with Crippen LogP contribution < -0.4 is 0 Å². The first-order chi connectivity index (χ1) is 7.27. The van der Waals surface area contributed by atoms with E-state index in [0.29, 0.717) is 10.2 Å². The quantitative estimate of drug-likeness (QED) is 0.806. The zero-order valence-corrected chi connectivity index (χ0v) is 8.23. The number of imidazole rings is 1. The first-order valence-electron chi connectivity index (χ1n) is 3.99. The first-order valence-corrected chi connectivity index (χ1v) is 4.80. The van der Waals surface area contributed by atoms with Crippen LogP contribution in [0.4, 0.5) is 0 Å². The van der Waals surface area contributed by atoms with Gasteiger partial charge in [0, 0.05) is 24.8 Å². The van der Waals surface area contributed by atoms with Crippen LogP contribution in [-0.4, -0.2) is 31.0 Å². The van der Waals surface area contributed by atoms with Crippen LogP contribution in [0.1, 0.15) is 10.5 Å². The van der Waals surface area contributed by atoms with Crippen LogP contribution in [0.3, 0.4) is 0 Å². The van der Waals surface area contributed by atoms with Gasteiger partial charge in [0.2, 0.25) is 0 Å². The Morgan fingerprint density at radius 1 is 1.27 bits per heavy atom. The number of nitrogens with one attached hydrogen (secondary N) is 1. The zero-order valence-electron chi connectivity index (χ0n) is 7.41. The van der Waals surface area contributed by atoms with Gasteiger partial charge >= 0.3 is 5.97 Å². The van der Waals surface area contributed by atoms with E-state index in [9.17, 15) is 4.79 Å². The second-order valence-corrected chi connectivity index (χ2v) is 3.49. The van der Waals surface area contributed by atoms with Crippen LogP contribution in [0.15, 0.2) is 35.0 Å². The lowest BCUT2D eigenvalue weighted by atomic mass is 10.5. The second kappa shape index (κ2) is 4.09. The summed E-state index contributed by atoms with van der Waals surface area (Å²) in [5.74, 6) is -1.10. The average Bonchev–Trinajstić information content (AvgIpc) is 2.71. The number of aromatic amines is 1. The molecule has 2 aromatic heterocycles. The topological polar surface area (TPSA) is 91.8 Å². The van der Waals surface area contributed by atoms with Crippen molar-refractivity contribution in [3.8, 4) is 0 Å². The van der Waals surface area contributed by atoms with E-state index < -0.39 is 5.97 Å². The monoisotopic (exact) mass is 222 g/mol. The lowest BCUT2D eigenvalue weighted by Crippen LogP contribution is -2.03. The number of rotatable bonds is 3. The summed E-state index contributed by atoms with van der Waals surface area (Å²) in [4.78, 5) is 25.3. The van der Waals surface area contributed by atoms with Gasteiger partial charge in [0.25, 0.3) is 0 Å². The standard InChI is InChI=1S/C8H6N4O2S/c13-7(14)5-6(10-2-1-9-5)15-8-11-3-4-12-8/h1-4H,(H,11,12)(H,13,14). The predicted molar refractivity (Wildman–Crippen MR) is 51.7 cm³/mol. The molecule has 2 N–H and O–H groups in total. The molecule has 0 atom stereocenters. The fourth-order valence-electron chi connectivity index (χ4n) is 0.945.